The highest BCUT2D eigenvalue weighted by molar-refractivity contribution is 8.18. The molecule has 0 unspecified atom stereocenters. The van der Waals surface area contributed by atoms with Crippen LogP contribution < -0.4 is 10.1 Å². The van der Waals surface area contributed by atoms with Gasteiger partial charge < -0.3 is 9.30 Å². The first-order valence-corrected chi connectivity index (χ1v) is 8.48. The van der Waals surface area contributed by atoms with E-state index in [9.17, 15) is 9.59 Å². The molecular formula is C18H18N2O3S. The van der Waals surface area contributed by atoms with E-state index in [4.69, 9.17) is 4.74 Å². The Balaban J connectivity index is 1.96. The van der Waals surface area contributed by atoms with E-state index in [0.29, 0.717) is 11.5 Å². The number of aryl methyl sites for hydroxylation is 1. The molecule has 2 heterocycles. The third-order valence-corrected chi connectivity index (χ3v) is 4.62. The van der Waals surface area contributed by atoms with Crippen LogP contribution in [0.2, 0.25) is 0 Å². The average Bonchev–Trinajstić information content (AvgIpc) is 3.00. The van der Waals surface area contributed by atoms with E-state index in [1.54, 1.807) is 6.08 Å². The average molecular weight is 342 g/mol. The Bertz CT molecular complexity index is 835. The van der Waals surface area contributed by atoms with E-state index < -0.39 is 0 Å². The summed E-state index contributed by atoms with van der Waals surface area (Å²) in [7, 11) is 0. The highest BCUT2D eigenvalue weighted by Crippen LogP contribution is 2.29. The number of nitrogens with one attached hydrogen (secondary N) is 1. The van der Waals surface area contributed by atoms with Crippen LogP contribution in [-0.2, 0) is 4.79 Å². The second kappa shape index (κ2) is 6.57. The molecule has 0 atom stereocenters. The van der Waals surface area contributed by atoms with E-state index in [2.05, 4.69) is 9.88 Å². The molecule has 1 aromatic carbocycles. The minimum Gasteiger partial charge on any atom is -0.494 e. The lowest BCUT2D eigenvalue weighted by atomic mass is 10.2. The van der Waals surface area contributed by atoms with Gasteiger partial charge in [0, 0.05) is 17.1 Å². The zero-order chi connectivity index (χ0) is 17.3. The van der Waals surface area contributed by atoms with E-state index in [1.165, 1.54) is 0 Å². The molecule has 3 rings (SSSR count). The number of nitrogens with zero attached hydrogens (tertiary/aromatic N) is 1. The summed E-state index contributed by atoms with van der Waals surface area (Å²) in [5.41, 5.74) is 4.02. The number of hydrogen-bond donors (Lipinski definition) is 1. The van der Waals surface area contributed by atoms with Gasteiger partial charge in [-0.1, -0.05) is 0 Å². The third-order valence-electron chi connectivity index (χ3n) is 3.80. The Kier molecular flexibility index (Phi) is 4.49. The van der Waals surface area contributed by atoms with Crippen molar-refractivity contribution in [2.75, 3.05) is 6.61 Å². The lowest BCUT2D eigenvalue weighted by Crippen LogP contribution is -2.17. The van der Waals surface area contributed by atoms with Crippen molar-refractivity contribution in [2.24, 2.45) is 0 Å². The van der Waals surface area contributed by atoms with Gasteiger partial charge in [-0.15, -0.1) is 0 Å². The first-order valence-electron chi connectivity index (χ1n) is 7.66. The molecule has 24 heavy (non-hydrogen) atoms. The van der Waals surface area contributed by atoms with Crippen LogP contribution in [-0.4, -0.2) is 22.3 Å². The molecular weight excluding hydrogens is 324 g/mol. The van der Waals surface area contributed by atoms with Crippen molar-refractivity contribution in [3.8, 4) is 11.4 Å². The largest absolute Gasteiger partial charge is 0.494 e. The van der Waals surface area contributed by atoms with Gasteiger partial charge in [0.2, 0.25) is 0 Å². The summed E-state index contributed by atoms with van der Waals surface area (Å²) in [6.45, 7) is 6.60. The molecule has 0 saturated carbocycles. The number of imide groups is 1. The van der Waals surface area contributed by atoms with Gasteiger partial charge in [-0.05, 0) is 74.5 Å². The summed E-state index contributed by atoms with van der Waals surface area (Å²) in [6.07, 6.45) is 1.76. The molecule has 0 radical (unpaired) electrons. The highest BCUT2D eigenvalue weighted by Gasteiger charge is 2.25. The first kappa shape index (κ1) is 16.4. The highest BCUT2D eigenvalue weighted by atomic mass is 32.2. The summed E-state index contributed by atoms with van der Waals surface area (Å²) in [5.74, 6) is 0.500. The number of benzene rings is 1. The molecule has 2 aromatic rings. The Labute approximate surface area is 144 Å². The Hall–Kier alpha value is -2.47. The van der Waals surface area contributed by atoms with Crippen LogP contribution >= 0.6 is 11.8 Å². The predicted molar refractivity (Wildman–Crippen MR) is 95.5 cm³/mol. The molecule has 0 aliphatic carbocycles. The molecule has 124 valence electrons. The van der Waals surface area contributed by atoms with Crippen molar-refractivity contribution in [3.05, 3.63) is 52.2 Å². The lowest BCUT2D eigenvalue weighted by Gasteiger charge is -2.11. The Morgan fingerprint density at radius 1 is 1.21 bits per heavy atom. The minimum atomic E-state index is -0.337. The number of carbonyl (C=O) groups excluding carboxylic acids is 2. The lowest BCUT2D eigenvalue weighted by molar-refractivity contribution is -0.115. The molecule has 2 amide bonds. The Morgan fingerprint density at radius 2 is 1.92 bits per heavy atom. The summed E-state index contributed by atoms with van der Waals surface area (Å²) < 4.78 is 7.59. The molecule has 6 heteroatoms. The van der Waals surface area contributed by atoms with Crippen molar-refractivity contribution < 1.29 is 14.3 Å². The molecule has 5 nitrogen and oxygen atoms in total. The second-order valence-electron chi connectivity index (χ2n) is 5.44. The number of hydrogen-bond acceptors (Lipinski definition) is 4. The Morgan fingerprint density at radius 3 is 2.50 bits per heavy atom. The van der Waals surface area contributed by atoms with Crippen molar-refractivity contribution in [1.29, 1.82) is 0 Å². The summed E-state index contributed by atoms with van der Waals surface area (Å²) in [4.78, 5) is 23.4. The van der Waals surface area contributed by atoms with E-state index in [1.807, 2.05) is 51.1 Å². The number of carbonyl (C=O) groups is 2. The maximum absolute atomic E-state index is 11.7. The van der Waals surface area contributed by atoms with Crippen LogP contribution in [0.4, 0.5) is 4.79 Å². The van der Waals surface area contributed by atoms with E-state index >= 15 is 0 Å². The maximum atomic E-state index is 11.7. The minimum absolute atomic E-state index is 0.327. The quantitative estimate of drug-likeness (QED) is 0.858. The van der Waals surface area contributed by atoms with Crippen LogP contribution in [0.5, 0.6) is 5.75 Å². The van der Waals surface area contributed by atoms with E-state index in [0.717, 1.165) is 40.2 Å². The van der Waals surface area contributed by atoms with Gasteiger partial charge >= 0.3 is 0 Å². The standard InChI is InChI=1S/C18H18N2O3S/c1-4-23-15-7-5-14(6-8-15)20-11(2)9-13(12(20)3)10-16-17(21)19-18(22)24-16/h5-10H,4H2,1-3H3,(H,19,21,22)/b16-10-. The van der Waals surface area contributed by atoms with Gasteiger partial charge in [-0.2, -0.15) is 0 Å². The normalized spacial score (nSPS) is 15.9. The van der Waals surface area contributed by atoms with Crippen LogP contribution in [0.3, 0.4) is 0 Å². The van der Waals surface area contributed by atoms with Gasteiger partial charge in [-0.25, -0.2) is 0 Å². The number of amides is 2. The van der Waals surface area contributed by atoms with E-state index in [-0.39, 0.29) is 11.1 Å². The molecule has 0 spiro atoms. The van der Waals surface area contributed by atoms with Gasteiger partial charge in [0.15, 0.2) is 0 Å². The van der Waals surface area contributed by atoms with Crippen molar-refractivity contribution in [2.45, 2.75) is 20.8 Å². The van der Waals surface area contributed by atoms with Crippen LogP contribution in [0, 0.1) is 13.8 Å². The fraction of sp³-hybridized carbons (Fsp3) is 0.222. The SMILES string of the molecule is CCOc1ccc(-n2c(C)cc(/C=C3\SC(=O)NC3=O)c2C)cc1. The number of rotatable bonds is 4. The summed E-state index contributed by atoms with van der Waals surface area (Å²) in [6, 6.07) is 9.89. The van der Waals surface area contributed by atoms with Gasteiger partial charge in [0.25, 0.3) is 11.1 Å². The monoisotopic (exact) mass is 342 g/mol. The molecule has 1 N–H and O–H groups in total. The maximum Gasteiger partial charge on any atom is 0.290 e. The zero-order valence-electron chi connectivity index (χ0n) is 13.8. The zero-order valence-corrected chi connectivity index (χ0v) is 14.6. The summed E-state index contributed by atoms with van der Waals surface area (Å²) in [5, 5.41) is 1.95. The van der Waals surface area contributed by atoms with Gasteiger partial charge in [0.05, 0.1) is 11.5 Å². The third kappa shape index (κ3) is 3.10. The van der Waals surface area contributed by atoms with Crippen molar-refractivity contribution >= 4 is 29.0 Å². The van der Waals surface area contributed by atoms with Crippen LogP contribution in [0.1, 0.15) is 23.9 Å². The molecule has 1 aliphatic rings. The van der Waals surface area contributed by atoms with Crippen LogP contribution in [0.25, 0.3) is 11.8 Å². The van der Waals surface area contributed by atoms with Crippen LogP contribution in [0.15, 0.2) is 35.2 Å². The molecule has 1 saturated heterocycles. The molecule has 1 fully saturated rings. The molecule has 1 aliphatic heterocycles. The van der Waals surface area contributed by atoms with Gasteiger partial charge in [-0.3, -0.25) is 14.9 Å². The number of ether oxygens (including phenoxy) is 1. The molecule has 0 bridgehead atoms. The second-order valence-corrected chi connectivity index (χ2v) is 6.46. The fourth-order valence-electron chi connectivity index (χ4n) is 2.75. The predicted octanol–water partition coefficient (Wildman–Crippen LogP) is 3.82. The topological polar surface area (TPSA) is 60.3 Å². The molecule has 1 aromatic heterocycles. The fourth-order valence-corrected chi connectivity index (χ4v) is 3.42. The smallest absolute Gasteiger partial charge is 0.290 e. The van der Waals surface area contributed by atoms with Crippen molar-refractivity contribution in [3.63, 3.8) is 0 Å². The van der Waals surface area contributed by atoms with Gasteiger partial charge in [0.1, 0.15) is 5.75 Å². The summed E-state index contributed by atoms with van der Waals surface area (Å²) >= 11 is 0.931. The van der Waals surface area contributed by atoms with Crippen molar-refractivity contribution in [1.82, 2.24) is 9.88 Å². The number of aromatic nitrogens is 1. The number of thioether (sulfide) groups is 1. The first-order chi connectivity index (χ1) is 11.5.